The van der Waals surface area contributed by atoms with Gasteiger partial charge >= 0.3 is 18.1 Å². The summed E-state index contributed by atoms with van der Waals surface area (Å²) in [5.41, 5.74) is 1.13. The van der Waals surface area contributed by atoms with E-state index in [0.717, 1.165) is 113 Å². The van der Waals surface area contributed by atoms with Gasteiger partial charge in [-0.1, -0.05) is 54.8 Å². The average molecular weight is 1030 g/mol. The summed E-state index contributed by atoms with van der Waals surface area (Å²) in [6, 6.07) is 26.2. The Bertz CT molecular complexity index is 2620. The van der Waals surface area contributed by atoms with Crippen molar-refractivity contribution in [2.24, 2.45) is 22.9 Å². The van der Waals surface area contributed by atoms with Gasteiger partial charge in [-0.3, -0.25) is 0 Å². The smallest absolute Gasteiger partial charge is 0.422 e. The number of thiazole rings is 1. The number of hydrogen-bond acceptors (Lipinski definition) is 14. The minimum atomic E-state index is -4.81. The standard InChI is InChI=1S/C56H64F3N3O10S/c1-3-52(63)67-26-7-6-25-62(55-61-49-9-4-5-10-51(49)73-55)60-34-45-33-48(23-24-50(45)71-36-40-13-16-44-32-47(22-19-43(44)31-40)65-27-8-28-68-53-37-72-53)70-35-39-11-14-41(15-12-39)42-17-20-46(21-18-42)66-29-30-69-54(64)38(2)56(57,58)59/h3-5,9-10,13,16,19,22-24,31-34,39,41-42,46,53H,1-2,6-8,11-12,14-15,17-18,20-21,25-30,35-37H2/b60-34+. The van der Waals surface area contributed by atoms with Gasteiger partial charge in [-0.25, -0.2) is 19.6 Å². The second kappa shape index (κ2) is 26.3. The first-order chi connectivity index (χ1) is 35.5. The lowest BCUT2D eigenvalue weighted by Gasteiger charge is -2.37. The van der Waals surface area contributed by atoms with Crippen LogP contribution < -0.4 is 19.2 Å². The molecule has 2 heterocycles. The Morgan fingerprint density at radius 3 is 2.29 bits per heavy atom. The number of rotatable bonds is 27. The molecular formula is C56H64F3N3O10S. The van der Waals surface area contributed by atoms with E-state index in [2.05, 4.69) is 37.4 Å². The number of carbonyl (C=O) groups is 2. The number of hydrazone groups is 1. The van der Waals surface area contributed by atoms with Crippen LogP contribution in [0.4, 0.5) is 18.3 Å². The normalized spacial score (nSPS) is 19.9. The van der Waals surface area contributed by atoms with Crippen molar-refractivity contribution < 1.29 is 60.7 Å². The molecule has 1 atom stereocenters. The van der Waals surface area contributed by atoms with Gasteiger partial charge in [-0.2, -0.15) is 18.3 Å². The number of fused-ring (bicyclic) bond motifs is 2. The number of esters is 2. The number of benzene rings is 4. The van der Waals surface area contributed by atoms with Gasteiger partial charge in [-0.05, 0) is 147 Å². The molecular weight excluding hydrogens is 964 g/mol. The van der Waals surface area contributed by atoms with E-state index in [-0.39, 0.29) is 32.2 Å². The Morgan fingerprint density at radius 2 is 1.52 bits per heavy atom. The van der Waals surface area contributed by atoms with Crippen molar-refractivity contribution in [3.63, 3.8) is 0 Å². The van der Waals surface area contributed by atoms with Gasteiger partial charge in [0.15, 0.2) is 6.29 Å². The zero-order valence-electron chi connectivity index (χ0n) is 41.1. The number of aromatic nitrogens is 1. The van der Waals surface area contributed by atoms with E-state index >= 15 is 0 Å². The van der Waals surface area contributed by atoms with Crippen LogP contribution in [0.2, 0.25) is 0 Å². The molecule has 2 saturated carbocycles. The molecule has 73 heavy (non-hydrogen) atoms. The molecule has 1 aliphatic heterocycles. The van der Waals surface area contributed by atoms with Gasteiger partial charge < -0.3 is 37.9 Å². The molecule has 1 aromatic heterocycles. The first-order valence-electron chi connectivity index (χ1n) is 25.3. The molecule has 2 aliphatic carbocycles. The van der Waals surface area contributed by atoms with E-state index in [0.29, 0.717) is 75.9 Å². The molecule has 1 saturated heterocycles. The largest absolute Gasteiger partial charge is 0.493 e. The first-order valence-corrected chi connectivity index (χ1v) is 26.1. The lowest BCUT2D eigenvalue weighted by atomic mass is 9.71. The minimum absolute atomic E-state index is 0.00584. The summed E-state index contributed by atoms with van der Waals surface area (Å²) in [5.74, 6) is 1.91. The Kier molecular flexibility index (Phi) is 19.2. The number of nitrogens with zero attached hydrogens (tertiary/aromatic N) is 3. The molecule has 8 rings (SSSR count). The molecule has 0 amide bonds. The maximum absolute atomic E-state index is 12.7. The van der Waals surface area contributed by atoms with Gasteiger partial charge in [0.2, 0.25) is 5.13 Å². The van der Waals surface area contributed by atoms with Gasteiger partial charge in [0.25, 0.3) is 0 Å². The fourth-order valence-electron chi connectivity index (χ4n) is 9.28. The van der Waals surface area contributed by atoms with Gasteiger partial charge in [0, 0.05) is 24.6 Å². The minimum Gasteiger partial charge on any atom is -0.493 e. The molecule has 3 fully saturated rings. The monoisotopic (exact) mass is 1030 g/mol. The lowest BCUT2D eigenvalue weighted by molar-refractivity contribution is -0.152. The van der Waals surface area contributed by atoms with E-state index in [1.807, 2.05) is 59.6 Å². The molecule has 0 radical (unpaired) electrons. The molecule has 1 unspecified atom stereocenters. The van der Waals surface area contributed by atoms with Crippen molar-refractivity contribution in [1.29, 1.82) is 0 Å². The number of para-hydroxylation sites is 1. The fourth-order valence-corrected chi connectivity index (χ4v) is 10.2. The quantitative estimate of drug-likeness (QED) is 0.0123. The Morgan fingerprint density at radius 1 is 0.781 bits per heavy atom. The molecule has 3 aliphatic rings. The summed E-state index contributed by atoms with van der Waals surface area (Å²) >= 11 is 1.56. The van der Waals surface area contributed by atoms with Crippen molar-refractivity contribution in [2.75, 3.05) is 57.8 Å². The van der Waals surface area contributed by atoms with Crippen molar-refractivity contribution in [1.82, 2.24) is 4.98 Å². The maximum atomic E-state index is 12.7. The highest BCUT2D eigenvalue weighted by Gasteiger charge is 2.38. The molecule has 5 aromatic rings. The number of hydrogen-bond donors (Lipinski definition) is 0. The van der Waals surface area contributed by atoms with E-state index in [1.165, 1.54) is 0 Å². The van der Waals surface area contributed by atoms with Crippen molar-refractivity contribution in [3.05, 3.63) is 115 Å². The Labute approximate surface area is 428 Å². The third-order valence-electron chi connectivity index (χ3n) is 13.5. The van der Waals surface area contributed by atoms with Gasteiger partial charge in [0.1, 0.15) is 42.6 Å². The number of unbranched alkanes of at least 4 members (excludes halogenated alkanes) is 1. The van der Waals surface area contributed by atoms with Crippen LogP contribution in [0.25, 0.3) is 21.0 Å². The third kappa shape index (κ3) is 16.2. The Hall–Kier alpha value is -6.01. The zero-order chi connectivity index (χ0) is 51.0. The predicted octanol–water partition coefficient (Wildman–Crippen LogP) is 11.9. The van der Waals surface area contributed by atoms with Crippen molar-refractivity contribution in [2.45, 2.75) is 95.8 Å². The second-order valence-electron chi connectivity index (χ2n) is 18.7. The van der Waals surface area contributed by atoms with E-state index in [1.54, 1.807) is 17.6 Å². The summed E-state index contributed by atoms with van der Waals surface area (Å²) in [6.45, 7) is 9.63. The van der Waals surface area contributed by atoms with E-state index in [4.69, 9.17) is 48.0 Å². The molecule has 17 heteroatoms. The van der Waals surface area contributed by atoms with Crippen LogP contribution in [0, 0.1) is 17.8 Å². The van der Waals surface area contributed by atoms with Crippen LogP contribution in [0.5, 0.6) is 17.2 Å². The van der Waals surface area contributed by atoms with Gasteiger partial charge in [0.05, 0.1) is 55.6 Å². The van der Waals surface area contributed by atoms with Crippen LogP contribution in [0.3, 0.4) is 0 Å². The predicted molar refractivity (Wildman–Crippen MR) is 274 cm³/mol. The first kappa shape index (κ1) is 53.3. The highest BCUT2D eigenvalue weighted by atomic mass is 32.1. The summed E-state index contributed by atoms with van der Waals surface area (Å²) in [7, 11) is 0. The van der Waals surface area contributed by atoms with Crippen LogP contribution in [0.1, 0.15) is 81.8 Å². The molecule has 0 bridgehead atoms. The molecule has 0 N–H and O–H groups in total. The van der Waals surface area contributed by atoms with E-state index in [9.17, 15) is 22.8 Å². The highest BCUT2D eigenvalue weighted by molar-refractivity contribution is 7.22. The van der Waals surface area contributed by atoms with Crippen molar-refractivity contribution in [3.8, 4) is 17.2 Å². The number of carbonyl (C=O) groups excluding carboxylic acids is 2. The second-order valence-corrected chi connectivity index (χ2v) is 19.7. The fraction of sp³-hybridized carbons (Fsp3) is 0.464. The topological polar surface area (TPSA) is 140 Å². The summed E-state index contributed by atoms with van der Waals surface area (Å²) in [5, 5.41) is 9.78. The zero-order valence-corrected chi connectivity index (χ0v) is 41.9. The highest BCUT2D eigenvalue weighted by Crippen LogP contribution is 2.41. The number of anilines is 1. The van der Waals surface area contributed by atoms with Crippen molar-refractivity contribution >= 4 is 55.6 Å². The number of alkyl halides is 3. The van der Waals surface area contributed by atoms with Gasteiger partial charge in [-0.15, -0.1) is 0 Å². The number of epoxide rings is 1. The SMILES string of the molecule is C=CC(=O)OCCCCN(/N=C/c1cc(OCC2CCC(C3CCC(OCCOC(=O)C(=C)C(F)(F)F)CC3)CC2)ccc1OCc1ccc2cc(OCCCOC3CO3)ccc2c1)c1nc2ccccc2s1. The molecule has 0 spiro atoms. The molecule has 13 nitrogen and oxygen atoms in total. The molecule has 4 aromatic carbocycles. The Balaban J connectivity index is 0.878. The third-order valence-corrected chi connectivity index (χ3v) is 14.5. The van der Waals surface area contributed by atoms with Crippen LogP contribution >= 0.6 is 11.3 Å². The van der Waals surface area contributed by atoms with Crippen LogP contribution in [-0.4, -0.2) is 94.5 Å². The van der Waals surface area contributed by atoms with E-state index < -0.39 is 23.7 Å². The molecule has 390 valence electrons. The summed E-state index contributed by atoms with van der Waals surface area (Å²) < 4.78 is 84.6. The maximum Gasteiger partial charge on any atom is 0.422 e. The summed E-state index contributed by atoms with van der Waals surface area (Å²) in [4.78, 5) is 28.2. The lowest BCUT2D eigenvalue weighted by Crippen LogP contribution is -2.30. The van der Waals surface area contributed by atoms with Crippen LogP contribution in [-0.2, 0) is 39.9 Å². The average Bonchev–Trinajstić information content (AvgIpc) is 4.14. The number of halogens is 3. The summed E-state index contributed by atoms with van der Waals surface area (Å²) in [6.07, 6.45) is 8.44. The number of ether oxygens (including phenoxy) is 8. The van der Waals surface area contributed by atoms with Crippen LogP contribution in [0.15, 0.2) is 109 Å².